The van der Waals surface area contributed by atoms with Crippen molar-refractivity contribution in [2.75, 3.05) is 25.1 Å². The lowest BCUT2D eigenvalue weighted by Crippen LogP contribution is -2.51. The second kappa shape index (κ2) is 6.41. The summed E-state index contributed by atoms with van der Waals surface area (Å²) in [5.41, 5.74) is 5.78. The van der Waals surface area contributed by atoms with Gasteiger partial charge >= 0.3 is 0 Å². The molecule has 0 aliphatic carbocycles. The standard InChI is InChI=1S/C13H25N3O3S/c1-20(18,19)9-6-10(14)13(17)15-11-5-8-16-7-3-2-4-12(11)16/h10-12H,2-9,14H2,1H3,(H,15,17). The third-order valence-electron chi connectivity index (χ3n) is 4.32. The Kier molecular flexibility index (Phi) is 5.04. The van der Waals surface area contributed by atoms with Crippen molar-refractivity contribution in [3.8, 4) is 0 Å². The van der Waals surface area contributed by atoms with E-state index in [0.717, 1.165) is 32.2 Å². The smallest absolute Gasteiger partial charge is 0.237 e. The Morgan fingerprint density at radius 1 is 1.35 bits per heavy atom. The number of fused-ring (bicyclic) bond motifs is 1. The summed E-state index contributed by atoms with van der Waals surface area (Å²) >= 11 is 0. The number of rotatable bonds is 5. The van der Waals surface area contributed by atoms with Gasteiger partial charge in [-0.3, -0.25) is 9.69 Å². The van der Waals surface area contributed by atoms with E-state index < -0.39 is 15.9 Å². The van der Waals surface area contributed by atoms with Gasteiger partial charge < -0.3 is 11.1 Å². The Morgan fingerprint density at radius 3 is 2.80 bits per heavy atom. The van der Waals surface area contributed by atoms with Gasteiger partial charge in [-0.1, -0.05) is 6.42 Å². The Labute approximate surface area is 121 Å². The summed E-state index contributed by atoms with van der Waals surface area (Å²) in [4.78, 5) is 14.5. The van der Waals surface area contributed by atoms with Gasteiger partial charge in [0.1, 0.15) is 9.84 Å². The minimum atomic E-state index is -3.07. The number of nitrogens with zero attached hydrogens (tertiary/aromatic N) is 1. The van der Waals surface area contributed by atoms with E-state index in [1.54, 1.807) is 0 Å². The summed E-state index contributed by atoms with van der Waals surface area (Å²) in [6.07, 6.45) is 5.90. The molecule has 6 nitrogen and oxygen atoms in total. The van der Waals surface area contributed by atoms with Gasteiger partial charge in [0.2, 0.25) is 5.91 Å². The molecule has 0 aromatic heterocycles. The van der Waals surface area contributed by atoms with Crippen LogP contribution in [0.5, 0.6) is 0 Å². The van der Waals surface area contributed by atoms with E-state index in [9.17, 15) is 13.2 Å². The first-order valence-corrected chi connectivity index (χ1v) is 9.40. The molecule has 2 aliphatic heterocycles. The van der Waals surface area contributed by atoms with E-state index in [-0.39, 0.29) is 24.1 Å². The largest absolute Gasteiger partial charge is 0.350 e. The number of piperidine rings is 1. The number of sulfone groups is 1. The zero-order valence-corrected chi connectivity index (χ0v) is 12.9. The molecule has 0 saturated carbocycles. The van der Waals surface area contributed by atoms with E-state index in [0.29, 0.717) is 6.04 Å². The molecule has 0 aromatic rings. The number of nitrogens with one attached hydrogen (secondary N) is 1. The molecule has 0 spiro atoms. The fourth-order valence-electron chi connectivity index (χ4n) is 3.18. The molecule has 2 fully saturated rings. The predicted octanol–water partition coefficient (Wildman–Crippen LogP) is -0.509. The SMILES string of the molecule is CS(=O)(=O)CCC(N)C(=O)NC1CCN2CCCCC12. The topological polar surface area (TPSA) is 92.5 Å². The third kappa shape index (κ3) is 4.17. The molecular weight excluding hydrogens is 278 g/mol. The second-order valence-corrected chi connectivity index (χ2v) is 8.29. The van der Waals surface area contributed by atoms with Crippen molar-refractivity contribution >= 4 is 15.7 Å². The van der Waals surface area contributed by atoms with E-state index in [4.69, 9.17) is 5.73 Å². The molecule has 2 saturated heterocycles. The number of amides is 1. The summed E-state index contributed by atoms with van der Waals surface area (Å²) in [5, 5.41) is 3.01. The molecule has 116 valence electrons. The van der Waals surface area contributed by atoms with E-state index in [1.165, 1.54) is 12.8 Å². The molecule has 2 rings (SSSR count). The Hall–Kier alpha value is -0.660. The van der Waals surface area contributed by atoms with Crippen molar-refractivity contribution in [3.63, 3.8) is 0 Å². The fraction of sp³-hybridized carbons (Fsp3) is 0.923. The van der Waals surface area contributed by atoms with E-state index in [1.807, 2.05) is 0 Å². The quantitative estimate of drug-likeness (QED) is 0.714. The first kappa shape index (κ1) is 15.7. The molecule has 2 aliphatic rings. The molecule has 3 atom stereocenters. The van der Waals surface area contributed by atoms with Crippen molar-refractivity contribution in [2.45, 2.75) is 50.2 Å². The summed E-state index contributed by atoms with van der Waals surface area (Å²) in [7, 11) is -3.07. The van der Waals surface area contributed by atoms with Crippen LogP contribution in [0.3, 0.4) is 0 Å². The molecule has 3 unspecified atom stereocenters. The lowest BCUT2D eigenvalue weighted by Gasteiger charge is -2.32. The number of carbonyl (C=O) groups excluding carboxylic acids is 1. The minimum Gasteiger partial charge on any atom is -0.350 e. The van der Waals surface area contributed by atoms with Crippen LogP contribution in [0.25, 0.3) is 0 Å². The van der Waals surface area contributed by atoms with Crippen LogP contribution in [0.4, 0.5) is 0 Å². The van der Waals surface area contributed by atoms with E-state index in [2.05, 4.69) is 10.2 Å². The molecule has 1 amide bonds. The van der Waals surface area contributed by atoms with Gasteiger partial charge in [-0.2, -0.15) is 0 Å². The average Bonchev–Trinajstić information content (AvgIpc) is 2.78. The van der Waals surface area contributed by atoms with Gasteiger partial charge in [0.15, 0.2) is 0 Å². The summed E-state index contributed by atoms with van der Waals surface area (Å²) < 4.78 is 22.2. The highest BCUT2D eigenvalue weighted by atomic mass is 32.2. The molecule has 20 heavy (non-hydrogen) atoms. The maximum atomic E-state index is 12.0. The van der Waals surface area contributed by atoms with Crippen molar-refractivity contribution < 1.29 is 13.2 Å². The highest BCUT2D eigenvalue weighted by molar-refractivity contribution is 7.90. The molecule has 2 heterocycles. The van der Waals surface area contributed by atoms with Gasteiger partial charge in [-0.25, -0.2) is 8.42 Å². The summed E-state index contributed by atoms with van der Waals surface area (Å²) in [6, 6.07) is -0.121. The lowest BCUT2D eigenvalue weighted by atomic mass is 9.99. The molecule has 3 N–H and O–H groups in total. The maximum absolute atomic E-state index is 12.0. The van der Waals surface area contributed by atoms with Gasteiger partial charge in [-0.15, -0.1) is 0 Å². The fourth-order valence-corrected chi connectivity index (χ4v) is 3.86. The Morgan fingerprint density at radius 2 is 2.10 bits per heavy atom. The monoisotopic (exact) mass is 303 g/mol. The van der Waals surface area contributed by atoms with Crippen LogP contribution in [-0.2, 0) is 14.6 Å². The molecule has 7 heteroatoms. The summed E-state index contributed by atoms with van der Waals surface area (Å²) in [5.74, 6) is -0.256. The second-order valence-electron chi connectivity index (χ2n) is 6.03. The minimum absolute atomic E-state index is 0.0399. The maximum Gasteiger partial charge on any atom is 0.237 e. The van der Waals surface area contributed by atoms with Crippen molar-refractivity contribution in [2.24, 2.45) is 5.73 Å². The van der Waals surface area contributed by atoms with Crippen molar-refractivity contribution in [1.29, 1.82) is 0 Å². The summed E-state index contributed by atoms with van der Waals surface area (Å²) in [6.45, 7) is 2.16. The molecule has 0 radical (unpaired) electrons. The Bertz CT molecular complexity index is 452. The van der Waals surface area contributed by atoms with Crippen LogP contribution in [0.2, 0.25) is 0 Å². The van der Waals surface area contributed by atoms with Crippen LogP contribution in [-0.4, -0.2) is 62.4 Å². The first-order chi connectivity index (χ1) is 9.37. The van der Waals surface area contributed by atoms with Gasteiger partial charge in [0, 0.05) is 24.9 Å². The zero-order chi connectivity index (χ0) is 14.8. The van der Waals surface area contributed by atoms with Crippen LogP contribution < -0.4 is 11.1 Å². The Balaban J connectivity index is 1.82. The number of nitrogens with two attached hydrogens (primary N) is 1. The van der Waals surface area contributed by atoms with E-state index >= 15 is 0 Å². The zero-order valence-electron chi connectivity index (χ0n) is 12.0. The highest BCUT2D eigenvalue weighted by Gasteiger charge is 2.36. The normalized spacial score (nSPS) is 28.9. The van der Waals surface area contributed by atoms with Gasteiger partial charge in [-0.05, 0) is 32.2 Å². The van der Waals surface area contributed by atoms with Gasteiger partial charge in [0.25, 0.3) is 0 Å². The highest BCUT2D eigenvalue weighted by Crippen LogP contribution is 2.27. The van der Waals surface area contributed by atoms with Crippen LogP contribution in [0.1, 0.15) is 32.1 Å². The predicted molar refractivity (Wildman–Crippen MR) is 78.1 cm³/mol. The number of hydrogen-bond acceptors (Lipinski definition) is 5. The van der Waals surface area contributed by atoms with Crippen molar-refractivity contribution in [1.82, 2.24) is 10.2 Å². The van der Waals surface area contributed by atoms with Crippen LogP contribution >= 0.6 is 0 Å². The number of carbonyl (C=O) groups is 1. The molecule has 0 bridgehead atoms. The first-order valence-electron chi connectivity index (χ1n) is 7.34. The lowest BCUT2D eigenvalue weighted by molar-refractivity contribution is -0.123. The van der Waals surface area contributed by atoms with Crippen molar-refractivity contribution in [3.05, 3.63) is 0 Å². The number of hydrogen-bond donors (Lipinski definition) is 2. The van der Waals surface area contributed by atoms with Crippen LogP contribution in [0.15, 0.2) is 0 Å². The van der Waals surface area contributed by atoms with Gasteiger partial charge in [0.05, 0.1) is 11.8 Å². The average molecular weight is 303 g/mol. The molecule has 0 aromatic carbocycles. The molecular formula is C13H25N3O3S. The van der Waals surface area contributed by atoms with Crippen LogP contribution in [0, 0.1) is 0 Å². The third-order valence-corrected chi connectivity index (χ3v) is 5.30.